The van der Waals surface area contributed by atoms with Crippen molar-refractivity contribution in [2.75, 3.05) is 18.5 Å². The van der Waals surface area contributed by atoms with Crippen LogP contribution in [0.1, 0.15) is 138 Å². The Hall–Kier alpha value is 2.07. The van der Waals surface area contributed by atoms with Gasteiger partial charge in [-0.3, -0.25) is 0 Å². The second kappa shape index (κ2) is 27.1. The van der Waals surface area contributed by atoms with E-state index in [0.29, 0.717) is 7.92 Å². The number of unbranched alkanes of at least 4 members (excludes halogenated alkanes) is 15. The van der Waals surface area contributed by atoms with Gasteiger partial charge in [0.25, 0.3) is 0 Å². The van der Waals surface area contributed by atoms with Crippen molar-refractivity contribution in [1.29, 1.82) is 0 Å². The monoisotopic (exact) mass is 410 g/mol. The summed E-state index contributed by atoms with van der Waals surface area (Å²) in [5.74, 6) is 0. The molecule has 0 aliphatic heterocycles. The molecule has 0 saturated heterocycles. The molecule has 0 rings (SSSR count). The van der Waals surface area contributed by atoms with Crippen LogP contribution in [0, 0.1) is 0 Å². The van der Waals surface area contributed by atoms with E-state index in [1.165, 1.54) is 116 Å². The SMILES string of the molecule is CCCCCCCCP(CCCCCCCC)CCCCCCCC.[H-].[K+]. The molecule has 0 fully saturated rings. The maximum atomic E-state index is 2.32. The molecule has 0 heterocycles. The van der Waals surface area contributed by atoms with E-state index >= 15 is 0 Å². The summed E-state index contributed by atoms with van der Waals surface area (Å²) in [6.07, 6.45) is 31.2. The molecule has 0 atom stereocenters. The van der Waals surface area contributed by atoms with Gasteiger partial charge in [0, 0.05) is 0 Å². The summed E-state index contributed by atoms with van der Waals surface area (Å²) in [6.45, 7) is 6.96. The van der Waals surface area contributed by atoms with E-state index in [-0.39, 0.29) is 52.8 Å². The van der Waals surface area contributed by atoms with Gasteiger partial charge in [0.1, 0.15) is 0 Å². The molecule has 0 aromatic heterocycles. The molecular weight excluding hydrogens is 358 g/mol. The largest absolute Gasteiger partial charge is 1.00 e. The Labute approximate surface area is 213 Å². The Morgan fingerprint density at radius 2 is 0.615 bits per heavy atom. The van der Waals surface area contributed by atoms with Crippen LogP contribution in [0.4, 0.5) is 0 Å². The smallest absolute Gasteiger partial charge is 1.00 e. The van der Waals surface area contributed by atoms with E-state index in [1.807, 2.05) is 0 Å². The third-order valence-corrected chi connectivity index (χ3v) is 8.33. The summed E-state index contributed by atoms with van der Waals surface area (Å²) in [5, 5.41) is 0. The van der Waals surface area contributed by atoms with Gasteiger partial charge in [-0.1, -0.05) is 117 Å². The first-order valence-electron chi connectivity index (χ1n) is 12.1. The summed E-state index contributed by atoms with van der Waals surface area (Å²) < 4.78 is 0. The number of hydrogen-bond acceptors (Lipinski definition) is 0. The van der Waals surface area contributed by atoms with Gasteiger partial charge in [-0.05, 0) is 37.7 Å². The first kappa shape index (κ1) is 30.3. The molecule has 0 unspecified atom stereocenters. The van der Waals surface area contributed by atoms with Crippen molar-refractivity contribution >= 4 is 7.92 Å². The van der Waals surface area contributed by atoms with Crippen LogP contribution in [0.15, 0.2) is 0 Å². The average Bonchev–Trinajstić information content (AvgIpc) is 2.63. The molecule has 0 aliphatic rings. The van der Waals surface area contributed by atoms with Crippen molar-refractivity contribution in [1.82, 2.24) is 0 Å². The Morgan fingerprint density at radius 1 is 0.385 bits per heavy atom. The van der Waals surface area contributed by atoms with E-state index in [9.17, 15) is 0 Å². The molecule has 26 heavy (non-hydrogen) atoms. The van der Waals surface area contributed by atoms with E-state index in [2.05, 4.69) is 20.8 Å². The summed E-state index contributed by atoms with van der Waals surface area (Å²) in [4.78, 5) is 0. The maximum Gasteiger partial charge on any atom is 1.00 e. The fraction of sp³-hybridized carbons (Fsp3) is 1.00. The molecular formula is C24H52KP. The summed E-state index contributed by atoms with van der Waals surface area (Å²) >= 11 is 0. The molecule has 2 heteroatoms. The van der Waals surface area contributed by atoms with E-state index in [1.54, 1.807) is 18.5 Å². The molecule has 0 aromatic rings. The van der Waals surface area contributed by atoms with Crippen LogP contribution in [0.5, 0.6) is 0 Å². The van der Waals surface area contributed by atoms with Crippen molar-refractivity contribution in [2.45, 2.75) is 136 Å². The summed E-state index contributed by atoms with van der Waals surface area (Å²) in [6, 6.07) is 0. The predicted octanol–water partition coefficient (Wildman–Crippen LogP) is 6.67. The molecule has 0 spiro atoms. The molecule has 0 bridgehead atoms. The maximum absolute atomic E-state index is 2.32. The second-order valence-corrected chi connectivity index (χ2v) is 10.8. The third kappa shape index (κ3) is 24.1. The zero-order chi connectivity index (χ0) is 18.4. The molecule has 0 N–H and O–H groups in total. The van der Waals surface area contributed by atoms with Gasteiger partial charge < -0.3 is 1.43 Å². The van der Waals surface area contributed by atoms with E-state index in [4.69, 9.17) is 0 Å². The predicted molar refractivity (Wildman–Crippen MR) is 123 cm³/mol. The van der Waals surface area contributed by atoms with Crippen molar-refractivity contribution < 1.29 is 52.8 Å². The Bertz CT molecular complexity index is 200. The first-order valence-corrected chi connectivity index (χ1v) is 14.0. The minimum Gasteiger partial charge on any atom is -1.00 e. The molecule has 0 amide bonds. The average molecular weight is 411 g/mol. The quantitative estimate of drug-likeness (QED) is 0.113. The molecule has 0 radical (unpaired) electrons. The standard InChI is InChI=1S/C24H51P.K.H/c1-4-7-10-13-16-19-22-25(23-20-17-14-11-8-5-2)24-21-18-15-12-9-6-3;;/h4-24H2,1-3H3;;/q;+1;-1. The van der Waals surface area contributed by atoms with Crippen molar-refractivity contribution in [3.63, 3.8) is 0 Å². The number of hydrogen-bond donors (Lipinski definition) is 0. The van der Waals surface area contributed by atoms with Crippen molar-refractivity contribution in [3.8, 4) is 0 Å². The molecule has 154 valence electrons. The van der Waals surface area contributed by atoms with Gasteiger partial charge in [0.15, 0.2) is 0 Å². The topological polar surface area (TPSA) is 0 Å². The van der Waals surface area contributed by atoms with Crippen LogP contribution in [-0.4, -0.2) is 18.5 Å². The van der Waals surface area contributed by atoms with Gasteiger partial charge in [0.05, 0.1) is 0 Å². The second-order valence-electron chi connectivity index (χ2n) is 8.14. The normalized spacial score (nSPS) is 11.1. The fourth-order valence-corrected chi connectivity index (χ4v) is 6.37. The summed E-state index contributed by atoms with van der Waals surface area (Å²) in [7, 11) is 0.366. The molecule has 0 aliphatic carbocycles. The van der Waals surface area contributed by atoms with E-state index in [0.717, 1.165) is 0 Å². The number of rotatable bonds is 21. The van der Waals surface area contributed by atoms with Crippen LogP contribution < -0.4 is 51.4 Å². The minimum absolute atomic E-state index is 0. The van der Waals surface area contributed by atoms with Crippen molar-refractivity contribution in [2.24, 2.45) is 0 Å². The zero-order valence-corrected chi connectivity index (χ0v) is 23.3. The Kier molecular flexibility index (Phi) is 31.5. The zero-order valence-electron chi connectivity index (χ0n) is 20.3. The Morgan fingerprint density at radius 3 is 0.885 bits per heavy atom. The molecule has 0 nitrogen and oxygen atoms in total. The molecule has 0 aromatic carbocycles. The Balaban J connectivity index is -0.00000288. The van der Waals surface area contributed by atoms with Gasteiger partial charge in [-0.15, -0.1) is 7.92 Å². The van der Waals surface area contributed by atoms with E-state index < -0.39 is 0 Å². The van der Waals surface area contributed by atoms with Crippen molar-refractivity contribution in [3.05, 3.63) is 0 Å². The van der Waals surface area contributed by atoms with Gasteiger partial charge >= 0.3 is 51.4 Å². The van der Waals surface area contributed by atoms with Crippen LogP contribution in [-0.2, 0) is 0 Å². The first-order chi connectivity index (χ1) is 12.3. The van der Waals surface area contributed by atoms with Crippen LogP contribution >= 0.6 is 7.92 Å². The summed E-state index contributed by atoms with van der Waals surface area (Å²) in [5.41, 5.74) is 0. The van der Waals surface area contributed by atoms with Crippen LogP contribution in [0.25, 0.3) is 0 Å². The third-order valence-electron chi connectivity index (χ3n) is 5.48. The van der Waals surface area contributed by atoms with Crippen LogP contribution in [0.2, 0.25) is 0 Å². The van der Waals surface area contributed by atoms with Gasteiger partial charge in [0.2, 0.25) is 0 Å². The van der Waals surface area contributed by atoms with Gasteiger partial charge in [-0.25, -0.2) is 0 Å². The fourth-order valence-electron chi connectivity index (χ4n) is 3.68. The molecule has 0 saturated carbocycles. The van der Waals surface area contributed by atoms with Gasteiger partial charge in [-0.2, -0.15) is 0 Å². The van der Waals surface area contributed by atoms with Crippen LogP contribution in [0.3, 0.4) is 0 Å². The minimum atomic E-state index is 0.